The molecule has 0 aromatic carbocycles. The number of halogens is 2. The second-order valence-electron chi connectivity index (χ2n) is 3.52. The van der Waals surface area contributed by atoms with Gasteiger partial charge in [0.05, 0.1) is 16.4 Å². The molecule has 0 aliphatic heterocycles. The molecule has 0 saturated carbocycles. The average Bonchev–Trinajstić information content (AvgIpc) is 2.83. The number of pyridine rings is 1. The van der Waals surface area contributed by atoms with Crippen molar-refractivity contribution in [3.8, 4) is 0 Å². The molecule has 0 bridgehead atoms. The van der Waals surface area contributed by atoms with Gasteiger partial charge in [-0.25, -0.2) is 18.2 Å². The van der Waals surface area contributed by atoms with E-state index < -0.39 is 16.0 Å². The number of aromatic nitrogens is 1. The molecule has 2 aromatic rings. The van der Waals surface area contributed by atoms with E-state index in [9.17, 15) is 13.2 Å². The van der Waals surface area contributed by atoms with Crippen LogP contribution in [0.25, 0.3) is 0 Å². The van der Waals surface area contributed by atoms with Crippen LogP contribution in [-0.2, 0) is 10.0 Å². The molecule has 0 aliphatic carbocycles. The van der Waals surface area contributed by atoms with Gasteiger partial charge in [0.15, 0.2) is 0 Å². The van der Waals surface area contributed by atoms with Crippen LogP contribution in [0.5, 0.6) is 0 Å². The van der Waals surface area contributed by atoms with E-state index in [0.29, 0.717) is 4.47 Å². The van der Waals surface area contributed by atoms with Crippen LogP contribution in [0.15, 0.2) is 33.1 Å². The highest BCUT2D eigenvalue weighted by atomic mass is 79.9. The number of hydrogen-bond donors (Lipinski definition) is 2. The topological polar surface area (TPSA) is 96.4 Å². The molecule has 20 heavy (non-hydrogen) atoms. The van der Waals surface area contributed by atoms with Crippen LogP contribution in [0.2, 0.25) is 5.15 Å². The largest absolute Gasteiger partial charge is 0.477 e. The molecule has 2 aromatic heterocycles. The average molecular weight is 398 g/mol. The Kier molecular flexibility index (Phi) is 4.33. The second kappa shape index (κ2) is 5.68. The van der Waals surface area contributed by atoms with Crippen molar-refractivity contribution < 1.29 is 18.3 Å². The number of rotatable bonds is 4. The summed E-state index contributed by atoms with van der Waals surface area (Å²) in [5.41, 5.74) is 0.170. The predicted octanol–water partition coefficient (Wildman–Crippen LogP) is 3.06. The van der Waals surface area contributed by atoms with E-state index in [2.05, 4.69) is 25.6 Å². The summed E-state index contributed by atoms with van der Waals surface area (Å²) in [7, 11) is -4.00. The molecule has 0 saturated heterocycles. The lowest BCUT2D eigenvalue weighted by Crippen LogP contribution is -2.15. The Balaban J connectivity index is 2.38. The zero-order chi connectivity index (χ0) is 14.9. The Morgan fingerprint density at radius 1 is 1.50 bits per heavy atom. The van der Waals surface area contributed by atoms with Crippen LogP contribution < -0.4 is 4.72 Å². The molecule has 0 fully saturated rings. The molecule has 0 radical (unpaired) electrons. The Morgan fingerprint density at radius 2 is 2.20 bits per heavy atom. The van der Waals surface area contributed by atoms with Gasteiger partial charge in [0.1, 0.15) is 14.9 Å². The standard InChI is InChI=1S/C10H6BrClN2O4S2/c11-6-3-5(4-13-9(6)12)14-20(17,18)7-1-2-19-8(7)10(15)16/h1-4,14H,(H,15,16). The summed E-state index contributed by atoms with van der Waals surface area (Å²) in [6.07, 6.45) is 1.23. The molecule has 0 spiro atoms. The van der Waals surface area contributed by atoms with Gasteiger partial charge < -0.3 is 5.11 Å². The second-order valence-corrected chi connectivity index (χ2v) is 7.30. The molecule has 6 nitrogen and oxygen atoms in total. The third kappa shape index (κ3) is 3.11. The summed E-state index contributed by atoms with van der Waals surface area (Å²) in [6, 6.07) is 2.66. The molecule has 0 amide bonds. The summed E-state index contributed by atoms with van der Waals surface area (Å²) in [5.74, 6) is -1.30. The molecule has 10 heteroatoms. The molecule has 2 N–H and O–H groups in total. The lowest BCUT2D eigenvalue weighted by Gasteiger charge is -2.08. The number of sulfonamides is 1. The Bertz CT molecular complexity index is 775. The van der Waals surface area contributed by atoms with Gasteiger partial charge >= 0.3 is 5.97 Å². The SMILES string of the molecule is O=C(O)c1sccc1S(=O)(=O)Nc1cnc(Cl)c(Br)c1. The van der Waals surface area contributed by atoms with Crippen LogP contribution >= 0.6 is 38.9 Å². The first-order valence-electron chi connectivity index (χ1n) is 4.96. The highest BCUT2D eigenvalue weighted by Crippen LogP contribution is 2.27. The number of hydrogen-bond acceptors (Lipinski definition) is 5. The van der Waals surface area contributed by atoms with E-state index >= 15 is 0 Å². The van der Waals surface area contributed by atoms with E-state index in [0.717, 1.165) is 11.3 Å². The van der Waals surface area contributed by atoms with Crippen molar-refractivity contribution in [2.24, 2.45) is 0 Å². The van der Waals surface area contributed by atoms with Crippen molar-refractivity contribution in [3.05, 3.63) is 38.2 Å². The number of carboxylic acid groups (broad SMARTS) is 1. The summed E-state index contributed by atoms with van der Waals surface area (Å²) in [5, 5.41) is 10.5. The van der Waals surface area contributed by atoms with Crippen molar-refractivity contribution in [3.63, 3.8) is 0 Å². The minimum atomic E-state index is -4.00. The summed E-state index contributed by atoms with van der Waals surface area (Å²) in [6.45, 7) is 0. The lowest BCUT2D eigenvalue weighted by molar-refractivity contribution is 0.0698. The van der Waals surface area contributed by atoms with Crippen LogP contribution in [0.1, 0.15) is 9.67 Å². The number of nitrogens with one attached hydrogen (secondary N) is 1. The highest BCUT2D eigenvalue weighted by molar-refractivity contribution is 9.10. The van der Waals surface area contributed by atoms with E-state index in [1.165, 1.54) is 23.7 Å². The van der Waals surface area contributed by atoms with E-state index in [1.807, 2.05) is 0 Å². The fourth-order valence-electron chi connectivity index (χ4n) is 1.35. The van der Waals surface area contributed by atoms with Gasteiger partial charge in [0.25, 0.3) is 10.0 Å². The minimum absolute atomic E-state index is 0.170. The maximum absolute atomic E-state index is 12.1. The normalized spacial score (nSPS) is 11.3. The van der Waals surface area contributed by atoms with Crippen molar-refractivity contribution in [2.45, 2.75) is 4.90 Å². The van der Waals surface area contributed by atoms with Crippen molar-refractivity contribution in [1.29, 1.82) is 0 Å². The summed E-state index contributed by atoms with van der Waals surface area (Å²) >= 11 is 9.66. The van der Waals surface area contributed by atoms with Crippen molar-refractivity contribution in [1.82, 2.24) is 4.98 Å². The number of aromatic carboxylic acids is 1. The summed E-state index contributed by atoms with van der Waals surface area (Å²) in [4.78, 5) is 14.2. The first kappa shape index (κ1) is 15.2. The fourth-order valence-corrected chi connectivity index (χ4v) is 4.10. The molecular formula is C10H6BrClN2O4S2. The molecule has 2 heterocycles. The van der Waals surface area contributed by atoms with E-state index in [-0.39, 0.29) is 20.6 Å². The molecule has 0 atom stereocenters. The van der Waals surface area contributed by atoms with E-state index in [1.54, 1.807) is 0 Å². The predicted molar refractivity (Wildman–Crippen MR) is 79.0 cm³/mol. The van der Waals surface area contributed by atoms with Crippen molar-refractivity contribution >= 4 is 60.5 Å². The van der Waals surface area contributed by atoms with Gasteiger partial charge in [-0.15, -0.1) is 11.3 Å². The minimum Gasteiger partial charge on any atom is -0.477 e. The molecule has 2 rings (SSSR count). The zero-order valence-electron chi connectivity index (χ0n) is 9.50. The van der Waals surface area contributed by atoms with Gasteiger partial charge in [-0.2, -0.15) is 0 Å². The van der Waals surface area contributed by atoms with Crippen LogP contribution in [0.3, 0.4) is 0 Å². The Morgan fingerprint density at radius 3 is 2.80 bits per heavy atom. The Labute approximate surface area is 131 Å². The first-order chi connectivity index (χ1) is 9.31. The third-order valence-corrected chi connectivity index (χ3v) is 5.75. The van der Waals surface area contributed by atoms with Gasteiger partial charge in [-0.05, 0) is 33.4 Å². The van der Waals surface area contributed by atoms with E-state index in [4.69, 9.17) is 16.7 Å². The zero-order valence-corrected chi connectivity index (χ0v) is 13.5. The van der Waals surface area contributed by atoms with Crippen molar-refractivity contribution in [2.75, 3.05) is 4.72 Å². The molecule has 106 valence electrons. The quantitative estimate of drug-likeness (QED) is 0.773. The molecule has 0 aliphatic rings. The number of carbonyl (C=O) groups is 1. The van der Waals surface area contributed by atoms with Gasteiger partial charge in [0.2, 0.25) is 0 Å². The Hall–Kier alpha value is -1.16. The number of anilines is 1. The van der Waals surface area contributed by atoms with Crippen LogP contribution in [-0.4, -0.2) is 24.5 Å². The van der Waals surface area contributed by atoms with Crippen LogP contribution in [0, 0.1) is 0 Å². The molecule has 0 unspecified atom stereocenters. The maximum Gasteiger partial charge on any atom is 0.347 e. The number of carboxylic acids is 1. The first-order valence-corrected chi connectivity index (χ1v) is 8.49. The van der Waals surface area contributed by atoms with Gasteiger partial charge in [0, 0.05) is 0 Å². The lowest BCUT2D eigenvalue weighted by atomic mass is 10.4. The highest BCUT2D eigenvalue weighted by Gasteiger charge is 2.24. The van der Waals surface area contributed by atoms with Gasteiger partial charge in [-0.3, -0.25) is 4.72 Å². The third-order valence-electron chi connectivity index (χ3n) is 2.16. The number of nitrogens with zero attached hydrogens (tertiary/aromatic N) is 1. The monoisotopic (exact) mass is 396 g/mol. The molecular weight excluding hydrogens is 392 g/mol. The van der Waals surface area contributed by atoms with Gasteiger partial charge in [-0.1, -0.05) is 11.6 Å². The smallest absolute Gasteiger partial charge is 0.347 e. The number of thiophene rings is 1. The maximum atomic E-state index is 12.1. The van der Waals surface area contributed by atoms with Crippen LogP contribution in [0.4, 0.5) is 5.69 Å². The summed E-state index contributed by atoms with van der Waals surface area (Å²) < 4.78 is 26.9. The fraction of sp³-hybridized carbons (Fsp3) is 0.